The average molecular weight is 568 g/mol. The first-order valence-electron chi connectivity index (χ1n) is 14.8. The van der Waals surface area contributed by atoms with E-state index in [0.29, 0.717) is 29.3 Å². The summed E-state index contributed by atoms with van der Waals surface area (Å²) in [5.74, 6) is -1.62. The number of benzene rings is 2. The Bertz CT molecular complexity index is 1260. The Balaban J connectivity index is 1.26. The number of carbonyl (C=O) groups is 3. The van der Waals surface area contributed by atoms with E-state index < -0.39 is 17.5 Å². The second-order valence-corrected chi connectivity index (χ2v) is 12.4. The minimum Gasteiger partial charge on any atom is -0.490 e. The molecule has 0 radical (unpaired) electrons. The predicted molar refractivity (Wildman–Crippen MR) is 156 cm³/mol. The van der Waals surface area contributed by atoms with Crippen LogP contribution in [0.1, 0.15) is 91.4 Å². The largest absolute Gasteiger partial charge is 0.490 e. The molecule has 1 saturated carbocycles. The average Bonchev–Trinajstić information content (AvgIpc) is 2.92. The SMILES string of the molecule is [2H]OC(=O)c1ccc(OC2CC(N(CC3CCN(c4ccc(C(=O)OC(C)(C)C)cc4)CC3)C(C)C)C2)cc1C(=O)O. The van der Waals surface area contributed by atoms with E-state index in [4.69, 9.17) is 10.9 Å². The minimum absolute atomic E-state index is 0.0302. The predicted octanol–water partition coefficient (Wildman–Crippen LogP) is 5.58. The monoisotopic (exact) mass is 567 g/mol. The van der Waals surface area contributed by atoms with E-state index >= 15 is 0 Å². The first kappa shape index (κ1) is 28.9. The highest BCUT2D eigenvalue weighted by atomic mass is 16.6. The van der Waals surface area contributed by atoms with Crippen LogP contribution >= 0.6 is 0 Å². The van der Waals surface area contributed by atoms with E-state index in [1.54, 1.807) is 6.07 Å². The third-order valence-corrected chi connectivity index (χ3v) is 7.90. The number of carbonyl (C=O) groups excluding carboxylic acids is 1. The quantitative estimate of drug-likeness (QED) is 0.355. The highest BCUT2D eigenvalue weighted by Crippen LogP contribution is 2.34. The first-order chi connectivity index (χ1) is 19.8. The topological polar surface area (TPSA) is 117 Å². The number of aromatic carboxylic acids is 2. The van der Waals surface area contributed by atoms with Crippen LogP contribution in [0.3, 0.4) is 0 Å². The van der Waals surface area contributed by atoms with Crippen LogP contribution in [0, 0.1) is 5.92 Å². The number of carboxylic acids is 2. The molecule has 222 valence electrons. The number of ether oxygens (including phenoxy) is 2. The molecule has 0 atom stereocenters. The number of hydrogen-bond donors (Lipinski definition) is 2. The third kappa shape index (κ3) is 7.79. The van der Waals surface area contributed by atoms with Gasteiger partial charge in [-0.15, -0.1) is 0 Å². The van der Waals surface area contributed by atoms with Crippen LogP contribution in [0.4, 0.5) is 5.69 Å². The molecule has 2 fully saturated rings. The summed E-state index contributed by atoms with van der Waals surface area (Å²) in [6, 6.07) is 12.7. The fourth-order valence-electron chi connectivity index (χ4n) is 5.65. The zero-order valence-corrected chi connectivity index (χ0v) is 24.6. The number of nitrogens with zero attached hydrogens (tertiary/aromatic N) is 2. The van der Waals surface area contributed by atoms with Crippen molar-refractivity contribution in [2.45, 2.75) is 84.1 Å². The summed E-state index contributed by atoms with van der Waals surface area (Å²) in [6.45, 7) is 13.0. The maximum absolute atomic E-state index is 12.3. The highest BCUT2D eigenvalue weighted by Gasteiger charge is 2.37. The van der Waals surface area contributed by atoms with Gasteiger partial charge in [-0.3, -0.25) is 4.90 Å². The first-order valence-corrected chi connectivity index (χ1v) is 14.4. The molecule has 2 aliphatic rings. The van der Waals surface area contributed by atoms with Crippen molar-refractivity contribution in [1.82, 2.24) is 4.90 Å². The van der Waals surface area contributed by atoms with Gasteiger partial charge in [0.15, 0.2) is 0 Å². The molecule has 1 aliphatic carbocycles. The Morgan fingerprint density at radius 2 is 1.68 bits per heavy atom. The van der Waals surface area contributed by atoms with Crippen molar-refractivity contribution in [1.29, 1.82) is 1.43 Å². The molecule has 1 aliphatic heterocycles. The van der Waals surface area contributed by atoms with E-state index in [2.05, 4.69) is 28.8 Å². The van der Waals surface area contributed by atoms with E-state index in [-0.39, 0.29) is 23.2 Å². The van der Waals surface area contributed by atoms with E-state index in [0.717, 1.165) is 51.0 Å². The summed E-state index contributed by atoms with van der Waals surface area (Å²) < 4.78 is 18.3. The van der Waals surface area contributed by atoms with Gasteiger partial charge in [-0.05, 0) is 95.8 Å². The van der Waals surface area contributed by atoms with Crippen molar-refractivity contribution in [3.8, 4) is 5.75 Å². The Morgan fingerprint density at radius 3 is 2.24 bits per heavy atom. The number of rotatable bonds is 10. The molecular formula is C32H42N2O7. The third-order valence-electron chi connectivity index (χ3n) is 7.90. The fraction of sp³-hybridized carbons (Fsp3) is 0.531. The summed E-state index contributed by atoms with van der Waals surface area (Å²) in [5.41, 5.74) is 0.749. The fourth-order valence-corrected chi connectivity index (χ4v) is 5.65. The van der Waals surface area contributed by atoms with E-state index in [1.807, 2.05) is 45.0 Å². The lowest BCUT2D eigenvalue weighted by molar-refractivity contribution is -0.00664. The van der Waals surface area contributed by atoms with Gasteiger partial charge in [0.2, 0.25) is 0 Å². The van der Waals surface area contributed by atoms with Crippen LogP contribution in [-0.2, 0) is 4.74 Å². The standard InChI is InChI=1S/C32H42N2O7/c1-20(2)34(24-16-26(17-24)40-25-10-11-27(29(35)36)28(18-25)30(37)38)19-21-12-14-33(15-13-21)23-8-6-22(7-9-23)31(39)41-32(3,4)5/h6-11,18,20-21,24,26H,12-17,19H2,1-5H3,(H,35,36)(H,37,38)/i/hD. The molecule has 0 spiro atoms. The normalized spacial score (nSPS) is 19.9. The lowest BCUT2D eigenvalue weighted by Crippen LogP contribution is -2.53. The molecule has 9 nitrogen and oxygen atoms in total. The van der Waals surface area contributed by atoms with Crippen LogP contribution < -0.4 is 9.64 Å². The summed E-state index contributed by atoms with van der Waals surface area (Å²) in [5, 5.41) is 13.4. The van der Waals surface area contributed by atoms with Crippen LogP contribution in [0.5, 0.6) is 5.75 Å². The number of carboxylic acid groups (broad SMARTS) is 2. The van der Waals surface area contributed by atoms with E-state index in [9.17, 15) is 19.5 Å². The van der Waals surface area contributed by atoms with Gasteiger partial charge in [0.05, 0.1) is 16.7 Å². The molecule has 1 heterocycles. The van der Waals surface area contributed by atoms with Crippen molar-refractivity contribution >= 4 is 23.6 Å². The molecule has 2 aromatic carbocycles. The van der Waals surface area contributed by atoms with E-state index in [1.165, 1.54) is 12.1 Å². The molecule has 0 amide bonds. The number of anilines is 1. The molecule has 1 saturated heterocycles. The molecule has 9 heteroatoms. The van der Waals surface area contributed by atoms with Gasteiger partial charge in [0.25, 0.3) is 1.43 Å². The summed E-state index contributed by atoms with van der Waals surface area (Å²) in [6.07, 6.45) is 3.85. The van der Waals surface area contributed by atoms with Crippen molar-refractivity contribution in [3.05, 3.63) is 59.2 Å². The summed E-state index contributed by atoms with van der Waals surface area (Å²) in [7, 11) is 0. The molecule has 0 aromatic heterocycles. The molecule has 4 rings (SSSR count). The smallest absolute Gasteiger partial charge is 0.338 e. The Labute approximate surface area is 243 Å². The van der Waals surface area contributed by atoms with Crippen LogP contribution in [0.2, 0.25) is 0 Å². The highest BCUT2D eigenvalue weighted by molar-refractivity contribution is 6.02. The van der Waals surface area contributed by atoms with Gasteiger partial charge in [-0.25, -0.2) is 14.4 Å². The van der Waals surface area contributed by atoms with Crippen molar-refractivity contribution in [2.75, 3.05) is 24.5 Å². The van der Waals surface area contributed by atoms with Crippen molar-refractivity contribution in [3.63, 3.8) is 0 Å². The molecule has 0 unspecified atom stereocenters. The second kappa shape index (κ2) is 12.5. The zero-order chi connectivity index (χ0) is 30.6. The number of hydrogen-bond acceptors (Lipinski definition) is 8. The van der Waals surface area contributed by atoms with Gasteiger partial charge in [0, 0.05) is 50.2 Å². The number of esters is 1. The Hall–Kier alpha value is -3.59. The maximum atomic E-state index is 12.3. The molecule has 0 bridgehead atoms. The van der Waals surface area contributed by atoms with Crippen LogP contribution in [0.25, 0.3) is 1.43 Å². The number of piperidine rings is 1. The minimum atomic E-state index is -1.28. The zero-order valence-electron chi connectivity index (χ0n) is 25.6. The van der Waals surface area contributed by atoms with Gasteiger partial charge in [-0.2, -0.15) is 0 Å². The lowest BCUT2D eigenvalue weighted by Gasteiger charge is -2.46. The van der Waals surface area contributed by atoms with Crippen LogP contribution in [-0.4, -0.2) is 76.4 Å². The second-order valence-electron chi connectivity index (χ2n) is 12.4. The van der Waals surface area contributed by atoms with Gasteiger partial charge in [0.1, 0.15) is 17.5 Å². The Morgan fingerprint density at radius 1 is 1.02 bits per heavy atom. The van der Waals surface area contributed by atoms with Gasteiger partial charge < -0.3 is 24.6 Å². The molecule has 2 N–H and O–H groups in total. The van der Waals surface area contributed by atoms with Crippen molar-refractivity contribution < 1.29 is 34.1 Å². The molecule has 41 heavy (non-hydrogen) atoms. The van der Waals surface area contributed by atoms with Gasteiger partial charge >= 0.3 is 17.9 Å². The Kier molecular flexibility index (Phi) is 8.82. The summed E-state index contributed by atoms with van der Waals surface area (Å²) >= 11 is 0. The lowest BCUT2D eigenvalue weighted by atomic mass is 9.85. The van der Waals surface area contributed by atoms with Crippen molar-refractivity contribution in [2.24, 2.45) is 5.92 Å². The molecular weight excluding hydrogens is 524 g/mol. The summed E-state index contributed by atoms with van der Waals surface area (Å²) in [4.78, 5) is 40.6. The van der Waals surface area contributed by atoms with Crippen LogP contribution in [0.15, 0.2) is 42.5 Å². The molecule has 2 aromatic rings. The van der Waals surface area contributed by atoms with Gasteiger partial charge in [-0.1, -0.05) is 0 Å². The maximum Gasteiger partial charge on any atom is 0.338 e.